The highest BCUT2D eigenvalue weighted by molar-refractivity contribution is 5.99. The molecule has 0 spiro atoms. The number of benzene rings is 2. The number of carbonyl (C=O) groups excluding carboxylic acids is 3. The summed E-state index contributed by atoms with van der Waals surface area (Å²) in [5, 5.41) is 5.34. The molecule has 2 atom stereocenters. The second-order valence-electron chi connectivity index (χ2n) is 6.14. The van der Waals surface area contributed by atoms with Gasteiger partial charge in [-0.2, -0.15) is 0 Å². The van der Waals surface area contributed by atoms with E-state index in [1.807, 2.05) is 48.5 Å². The average molecular weight is 352 g/mol. The minimum Gasteiger partial charge on any atom is -0.451 e. The number of esters is 1. The molecule has 0 aromatic heterocycles. The van der Waals surface area contributed by atoms with Gasteiger partial charge in [0.2, 0.25) is 5.91 Å². The monoisotopic (exact) mass is 352 g/mol. The summed E-state index contributed by atoms with van der Waals surface area (Å²) in [6.45, 7) is 1.51. The Morgan fingerprint density at radius 3 is 2.50 bits per heavy atom. The molecule has 134 valence electrons. The standard InChI is InChI=1S/C20H20N2O4/c1-13(26-20(25)17-11-12-18(23)21-17)19(24)22-16-10-6-5-9-15(16)14-7-3-2-4-8-14/h2-10,13,17H,11-12H2,1H3,(H,21,23)(H,22,24)/t13-,17-/m0/s1. The summed E-state index contributed by atoms with van der Waals surface area (Å²) < 4.78 is 5.20. The van der Waals surface area contributed by atoms with E-state index in [1.54, 1.807) is 6.07 Å². The Labute approximate surface area is 151 Å². The van der Waals surface area contributed by atoms with E-state index in [1.165, 1.54) is 6.92 Å². The van der Waals surface area contributed by atoms with Crippen LogP contribution in [0.15, 0.2) is 54.6 Å². The van der Waals surface area contributed by atoms with Gasteiger partial charge in [0.25, 0.3) is 5.91 Å². The molecule has 0 bridgehead atoms. The summed E-state index contributed by atoms with van der Waals surface area (Å²) >= 11 is 0. The molecule has 1 aliphatic rings. The maximum absolute atomic E-state index is 12.4. The molecule has 0 radical (unpaired) electrons. The van der Waals surface area contributed by atoms with Gasteiger partial charge in [-0.3, -0.25) is 9.59 Å². The molecule has 0 unspecified atom stereocenters. The van der Waals surface area contributed by atoms with Crippen LogP contribution < -0.4 is 10.6 Å². The van der Waals surface area contributed by atoms with Gasteiger partial charge in [0.1, 0.15) is 6.04 Å². The number of hydrogen-bond donors (Lipinski definition) is 2. The molecule has 6 nitrogen and oxygen atoms in total. The van der Waals surface area contributed by atoms with E-state index in [-0.39, 0.29) is 5.91 Å². The summed E-state index contributed by atoms with van der Waals surface area (Å²) in [5.41, 5.74) is 2.49. The number of carbonyl (C=O) groups is 3. The average Bonchev–Trinajstić information content (AvgIpc) is 3.09. The first-order chi connectivity index (χ1) is 12.5. The molecule has 0 aliphatic carbocycles. The Morgan fingerprint density at radius 1 is 1.12 bits per heavy atom. The molecule has 2 aromatic carbocycles. The first kappa shape index (κ1) is 17.7. The van der Waals surface area contributed by atoms with Crippen LogP contribution in [0.1, 0.15) is 19.8 Å². The van der Waals surface area contributed by atoms with E-state index >= 15 is 0 Å². The maximum atomic E-state index is 12.4. The number of nitrogens with one attached hydrogen (secondary N) is 2. The van der Waals surface area contributed by atoms with Crippen LogP contribution in [0.4, 0.5) is 5.69 Å². The summed E-state index contributed by atoms with van der Waals surface area (Å²) in [4.78, 5) is 35.7. The zero-order chi connectivity index (χ0) is 18.5. The highest BCUT2D eigenvalue weighted by Gasteiger charge is 2.30. The van der Waals surface area contributed by atoms with Crippen molar-refractivity contribution in [1.29, 1.82) is 0 Å². The third kappa shape index (κ3) is 4.08. The lowest BCUT2D eigenvalue weighted by molar-refractivity contribution is -0.155. The van der Waals surface area contributed by atoms with Gasteiger partial charge < -0.3 is 15.4 Å². The first-order valence-corrected chi connectivity index (χ1v) is 8.50. The predicted molar refractivity (Wildman–Crippen MR) is 97.2 cm³/mol. The molecule has 1 aliphatic heterocycles. The van der Waals surface area contributed by atoms with Gasteiger partial charge in [0.05, 0.1) is 0 Å². The van der Waals surface area contributed by atoms with Crippen LogP contribution in [0.25, 0.3) is 11.1 Å². The minimum atomic E-state index is -0.969. The van der Waals surface area contributed by atoms with Crippen LogP contribution in [0.2, 0.25) is 0 Å². The van der Waals surface area contributed by atoms with Crippen molar-refractivity contribution in [2.24, 2.45) is 0 Å². The van der Waals surface area contributed by atoms with Gasteiger partial charge in [-0.25, -0.2) is 4.79 Å². The van der Waals surface area contributed by atoms with Gasteiger partial charge in [-0.05, 0) is 25.0 Å². The third-order valence-electron chi connectivity index (χ3n) is 4.21. The maximum Gasteiger partial charge on any atom is 0.329 e. The van der Waals surface area contributed by atoms with Crippen molar-refractivity contribution < 1.29 is 19.1 Å². The smallest absolute Gasteiger partial charge is 0.329 e. The summed E-state index contributed by atoms with van der Waals surface area (Å²) in [6, 6.07) is 16.4. The van der Waals surface area contributed by atoms with Gasteiger partial charge in [0.15, 0.2) is 6.10 Å². The van der Waals surface area contributed by atoms with Gasteiger partial charge in [-0.15, -0.1) is 0 Å². The SMILES string of the molecule is C[C@H](OC(=O)[C@@H]1CCC(=O)N1)C(=O)Nc1ccccc1-c1ccccc1. The van der Waals surface area contributed by atoms with Crippen molar-refractivity contribution in [3.8, 4) is 11.1 Å². The molecule has 3 rings (SSSR count). The van der Waals surface area contributed by atoms with Crippen LogP contribution in [0.5, 0.6) is 0 Å². The molecule has 2 amide bonds. The highest BCUT2D eigenvalue weighted by atomic mass is 16.5. The Kier molecular flexibility index (Phi) is 5.31. The van der Waals surface area contributed by atoms with Gasteiger partial charge in [-0.1, -0.05) is 48.5 Å². The molecule has 1 heterocycles. The van der Waals surface area contributed by atoms with Crippen molar-refractivity contribution in [3.05, 3.63) is 54.6 Å². The number of hydrogen-bond acceptors (Lipinski definition) is 4. The molecule has 2 N–H and O–H groups in total. The fourth-order valence-corrected chi connectivity index (χ4v) is 2.80. The number of ether oxygens (including phenoxy) is 1. The number of amides is 2. The Bertz CT molecular complexity index is 820. The fraction of sp³-hybridized carbons (Fsp3) is 0.250. The van der Waals surface area contributed by atoms with Crippen LogP contribution >= 0.6 is 0 Å². The topological polar surface area (TPSA) is 84.5 Å². The van der Waals surface area contributed by atoms with Crippen molar-refractivity contribution in [3.63, 3.8) is 0 Å². The fourth-order valence-electron chi connectivity index (χ4n) is 2.80. The highest BCUT2D eigenvalue weighted by Crippen LogP contribution is 2.27. The van der Waals surface area contributed by atoms with Crippen molar-refractivity contribution in [1.82, 2.24) is 5.32 Å². The van der Waals surface area contributed by atoms with Gasteiger partial charge in [0, 0.05) is 17.7 Å². The molecule has 0 saturated carbocycles. The van der Waals surface area contributed by atoms with E-state index in [0.717, 1.165) is 11.1 Å². The van der Waals surface area contributed by atoms with E-state index in [0.29, 0.717) is 18.5 Å². The number of para-hydroxylation sites is 1. The lowest BCUT2D eigenvalue weighted by Crippen LogP contribution is -2.39. The molecular formula is C20H20N2O4. The quantitative estimate of drug-likeness (QED) is 0.810. The van der Waals surface area contributed by atoms with Crippen molar-refractivity contribution in [2.75, 3.05) is 5.32 Å². The molecule has 1 fully saturated rings. The molecule has 1 saturated heterocycles. The zero-order valence-electron chi connectivity index (χ0n) is 14.4. The zero-order valence-corrected chi connectivity index (χ0v) is 14.4. The van der Waals surface area contributed by atoms with Crippen LogP contribution in [-0.4, -0.2) is 29.9 Å². The number of anilines is 1. The molecule has 26 heavy (non-hydrogen) atoms. The molecular weight excluding hydrogens is 332 g/mol. The molecule has 6 heteroatoms. The van der Waals surface area contributed by atoms with Gasteiger partial charge >= 0.3 is 5.97 Å². The summed E-state index contributed by atoms with van der Waals surface area (Å²) in [6.07, 6.45) is -0.281. The van der Waals surface area contributed by atoms with Crippen LogP contribution in [-0.2, 0) is 19.1 Å². The largest absolute Gasteiger partial charge is 0.451 e. The Hall–Kier alpha value is -3.15. The van der Waals surface area contributed by atoms with Crippen LogP contribution in [0, 0.1) is 0 Å². The second-order valence-corrected chi connectivity index (χ2v) is 6.14. The summed E-state index contributed by atoms with van der Waals surface area (Å²) in [5.74, 6) is -1.19. The second kappa shape index (κ2) is 7.82. The molecule has 2 aromatic rings. The normalized spacial score (nSPS) is 17.3. The van der Waals surface area contributed by atoms with Crippen molar-refractivity contribution in [2.45, 2.75) is 31.9 Å². The lowest BCUT2D eigenvalue weighted by atomic mass is 10.0. The van der Waals surface area contributed by atoms with Crippen LogP contribution in [0.3, 0.4) is 0 Å². The van der Waals surface area contributed by atoms with E-state index in [9.17, 15) is 14.4 Å². The number of rotatable bonds is 5. The predicted octanol–water partition coefficient (Wildman–Crippen LogP) is 2.50. The van der Waals surface area contributed by atoms with E-state index in [4.69, 9.17) is 4.74 Å². The Balaban J connectivity index is 1.66. The lowest BCUT2D eigenvalue weighted by Gasteiger charge is -2.17. The first-order valence-electron chi connectivity index (χ1n) is 8.50. The summed E-state index contributed by atoms with van der Waals surface area (Å²) in [7, 11) is 0. The Morgan fingerprint density at radius 2 is 1.81 bits per heavy atom. The van der Waals surface area contributed by atoms with E-state index in [2.05, 4.69) is 10.6 Å². The third-order valence-corrected chi connectivity index (χ3v) is 4.21. The minimum absolute atomic E-state index is 0.180. The van der Waals surface area contributed by atoms with Crippen molar-refractivity contribution >= 4 is 23.5 Å². The van der Waals surface area contributed by atoms with E-state index < -0.39 is 24.0 Å².